The number of hydrogen-bond acceptors (Lipinski definition) is 8. The van der Waals surface area contributed by atoms with Gasteiger partial charge in [0.15, 0.2) is 0 Å². The average molecular weight is 408 g/mol. The molecular weight excluding hydrogens is 380 g/mol. The van der Waals surface area contributed by atoms with Gasteiger partial charge in [-0.3, -0.25) is 14.4 Å². The number of carbonyl (C=O) groups excluding carboxylic acids is 3. The highest BCUT2D eigenvalue weighted by atomic mass is 32.1. The number of hydrogen-bond donors (Lipinski definition) is 8. The predicted molar refractivity (Wildman–Crippen MR) is 98.9 cm³/mol. The molecular formula is C15H28N4O7S. The number of amides is 3. The Morgan fingerprint density at radius 1 is 0.889 bits per heavy atom. The lowest BCUT2D eigenvalue weighted by Crippen LogP contribution is -2.58. The molecule has 3 amide bonds. The Kier molecular flexibility index (Phi) is 11.6. The molecule has 0 aliphatic heterocycles. The molecule has 0 spiro atoms. The number of thiol groups is 1. The summed E-state index contributed by atoms with van der Waals surface area (Å²) in [5.41, 5.74) is 5.34. The van der Waals surface area contributed by atoms with Crippen molar-refractivity contribution >= 4 is 36.3 Å². The third-order valence-corrected chi connectivity index (χ3v) is 3.85. The Balaban J connectivity index is 4.96. The van der Waals surface area contributed by atoms with E-state index in [0.717, 1.165) is 0 Å². The molecule has 8 N–H and O–H groups in total. The first-order chi connectivity index (χ1) is 12.6. The van der Waals surface area contributed by atoms with Gasteiger partial charge < -0.3 is 37.0 Å². The normalized spacial score (nSPS) is 15.4. The highest BCUT2D eigenvalue weighted by Crippen LogP contribution is 2.05. The molecule has 0 bridgehead atoms. The third-order valence-electron chi connectivity index (χ3n) is 3.49. The quantitative estimate of drug-likeness (QED) is 0.155. The van der Waals surface area contributed by atoms with E-state index in [4.69, 9.17) is 15.9 Å². The fourth-order valence-electron chi connectivity index (χ4n) is 1.99. The summed E-state index contributed by atoms with van der Waals surface area (Å²) < 4.78 is 0. The van der Waals surface area contributed by atoms with Gasteiger partial charge in [0, 0.05) is 5.75 Å². The van der Waals surface area contributed by atoms with Crippen molar-refractivity contribution in [3.63, 3.8) is 0 Å². The second kappa shape index (κ2) is 12.5. The molecule has 0 saturated carbocycles. The molecule has 11 nitrogen and oxygen atoms in total. The number of aliphatic hydroxyl groups excluding tert-OH is 2. The molecule has 27 heavy (non-hydrogen) atoms. The van der Waals surface area contributed by atoms with Gasteiger partial charge in [0.1, 0.15) is 24.2 Å². The summed E-state index contributed by atoms with van der Waals surface area (Å²) in [6.45, 7) is 2.16. The lowest BCUT2D eigenvalue weighted by molar-refractivity contribution is -0.143. The Labute approximate surface area is 162 Å². The van der Waals surface area contributed by atoms with Gasteiger partial charge >= 0.3 is 5.97 Å². The van der Waals surface area contributed by atoms with Crippen LogP contribution in [0, 0.1) is 5.92 Å². The van der Waals surface area contributed by atoms with Gasteiger partial charge in [-0.2, -0.15) is 12.6 Å². The first kappa shape index (κ1) is 25.1. The fourth-order valence-corrected chi connectivity index (χ4v) is 2.24. The van der Waals surface area contributed by atoms with Gasteiger partial charge in [0.25, 0.3) is 0 Å². The molecule has 0 heterocycles. The molecule has 0 aromatic heterocycles. The van der Waals surface area contributed by atoms with E-state index in [1.165, 1.54) is 0 Å². The molecule has 0 aliphatic rings. The number of rotatable bonds is 12. The topological polar surface area (TPSA) is 191 Å². The number of carbonyl (C=O) groups is 4. The van der Waals surface area contributed by atoms with Crippen molar-refractivity contribution in [3.8, 4) is 0 Å². The molecule has 0 radical (unpaired) electrons. The summed E-state index contributed by atoms with van der Waals surface area (Å²) in [7, 11) is 0. The van der Waals surface area contributed by atoms with E-state index in [-0.39, 0.29) is 18.1 Å². The van der Waals surface area contributed by atoms with E-state index in [1.54, 1.807) is 13.8 Å². The lowest BCUT2D eigenvalue weighted by Gasteiger charge is -2.23. The van der Waals surface area contributed by atoms with Gasteiger partial charge in [0.05, 0.1) is 13.2 Å². The van der Waals surface area contributed by atoms with Crippen LogP contribution in [0.15, 0.2) is 0 Å². The largest absolute Gasteiger partial charge is 0.480 e. The van der Waals surface area contributed by atoms with Crippen LogP contribution in [-0.4, -0.2) is 82.1 Å². The summed E-state index contributed by atoms with van der Waals surface area (Å²) >= 11 is 3.93. The first-order valence-electron chi connectivity index (χ1n) is 8.29. The van der Waals surface area contributed by atoms with E-state index in [1.807, 2.05) is 0 Å². The maximum atomic E-state index is 12.2. The Hall–Kier alpha value is -1.89. The maximum absolute atomic E-state index is 12.2. The summed E-state index contributed by atoms with van der Waals surface area (Å²) in [6, 6.07) is -5.00. The Morgan fingerprint density at radius 2 is 1.37 bits per heavy atom. The van der Waals surface area contributed by atoms with Crippen LogP contribution in [0.25, 0.3) is 0 Å². The number of carboxylic acid groups (broad SMARTS) is 1. The van der Waals surface area contributed by atoms with E-state index < -0.39 is 61.1 Å². The van der Waals surface area contributed by atoms with Crippen LogP contribution in [0.5, 0.6) is 0 Å². The van der Waals surface area contributed by atoms with E-state index in [0.29, 0.717) is 0 Å². The molecule has 0 fully saturated rings. The molecule has 0 aromatic carbocycles. The minimum atomic E-state index is -1.42. The monoisotopic (exact) mass is 408 g/mol. The highest BCUT2D eigenvalue weighted by Gasteiger charge is 2.29. The number of aliphatic carboxylic acids is 1. The number of aliphatic hydroxyl groups is 2. The van der Waals surface area contributed by atoms with Crippen LogP contribution < -0.4 is 21.7 Å². The third kappa shape index (κ3) is 9.04. The minimum Gasteiger partial charge on any atom is -0.480 e. The SMILES string of the molecule is CC(C)CC(NC(=O)C(CO)NC(=O)C(CS)NC(=O)C(N)CO)C(=O)O. The van der Waals surface area contributed by atoms with E-state index in [2.05, 4.69) is 28.6 Å². The smallest absolute Gasteiger partial charge is 0.326 e. The van der Waals surface area contributed by atoms with Gasteiger partial charge in [-0.05, 0) is 12.3 Å². The molecule has 0 aliphatic carbocycles. The fraction of sp³-hybridized carbons (Fsp3) is 0.733. The zero-order valence-electron chi connectivity index (χ0n) is 15.2. The molecule has 0 aromatic rings. The molecule has 4 unspecified atom stereocenters. The van der Waals surface area contributed by atoms with Crippen LogP contribution in [0.1, 0.15) is 20.3 Å². The number of nitrogens with two attached hydrogens (primary N) is 1. The van der Waals surface area contributed by atoms with Gasteiger partial charge in [-0.25, -0.2) is 4.79 Å². The summed E-state index contributed by atoms with van der Waals surface area (Å²) in [4.78, 5) is 47.3. The van der Waals surface area contributed by atoms with Crippen molar-refractivity contribution in [2.24, 2.45) is 11.7 Å². The molecule has 4 atom stereocenters. The van der Waals surface area contributed by atoms with Crippen molar-refractivity contribution in [1.82, 2.24) is 16.0 Å². The lowest BCUT2D eigenvalue weighted by atomic mass is 10.0. The Bertz CT molecular complexity index is 532. The van der Waals surface area contributed by atoms with Crippen molar-refractivity contribution < 1.29 is 34.5 Å². The summed E-state index contributed by atoms with van der Waals surface area (Å²) in [6.07, 6.45) is 0.168. The predicted octanol–water partition coefficient (Wildman–Crippen LogP) is -3.19. The zero-order valence-corrected chi connectivity index (χ0v) is 16.1. The van der Waals surface area contributed by atoms with Crippen LogP contribution in [0.2, 0.25) is 0 Å². The first-order valence-corrected chi connectivity index (χ1v) is 8.92. The zero-order chi connectivity index (χ0) is 21.1. The molecule has 0 saturated heterocycles. The Morgan fingerprint density at radius 3 is 1.78 bits per heavy atom. The molecule has 156 valence electrons. The standard InChI is InChI=1S/C15H28N4O7S/c1-7(2)3-9(15(25)26)17-13(23)10(5-21)18-14(24)11(6-27)19-12(22)8(16)4-20/h7-11,20-21,27H,3-6,16H2,1-2H3,(H,17,23)(H,18,24)(H,19,22)(H,25,26). The van der Waals surface area contributed by atoms with Crippen LogP contribution >= 0.6 is 12.6 Å². The number of carboxylic acids is 1. The van der Waals surface area contributed by atoms with E-state index in [9.17, 15) is 24.3 Å². The summed E-state index contributed by atoms with van der Waals surface area (Å²) in [5.74, 6) is -3.88. The van der Waals surface area contributed by atoms with Crippen LogP contribution in [0.4, 0.5) is 0 Å². The van der Waals surface area contributed by atoms with Crippen molar-refractivity contribution in [1.29, 1.82) is 0 Å². The van der Waals surface area contributed by atoms with E-state index >= 15 is 0 Å². The van der Waals surface area contributed by atoms with Crippen molar-refractivity contribution in [3.05, 3.63) is 0 Å². The van der Waals surface area contributed by atoms with Crippen molar-refractivity contribution in [2.75, 3.05) is 19.0 Å². The highest BCUT2D eigenvalue weighted by molar-refractivity contribution is 7.80. The second-order valence-corrected chi connectivity index (χ2v) is 6.67. The maximum Gasteiger partial charge on any atom is 0.326 e. The summed E-state index contributed by atoms with van der Waals surface area (Å²) in [5, 5.41) is 34.1. The van der Waals surface area contributed by atoms with Gasteiger partial charge in [-0.1, -0.05) is 13.8 Å². The molecule has 0 rings (SSSR count). The minimum absolute atomic E-state index is 0.00641. The van der Waals surface area contributed by atoms with Crippen LogP contribution in [-0.2, 0) is 19.2 Å². The second-order valence-electron chi connectivity index (χ2n) is 6.31. The van der Waals surface area contributed by atoms with Crippen molar-refractivity contribution in [2.45, 2.75) is 44.4 Å². The molecule has 12 heteroatoms. The van der Waals surface area contributed by atoms with Gasteiger partial charge in [-0.15, -0.1) is 0 Å². The number of nitrogens with one attached hydrogen (secondary N) is 3. The van der Waals surface area contributed by atoms with Crippen LogP contribution in [0.3, 0.4) is 0 Å². The average Bonchev–Trinajstić information content (AvgIpc) is 2.61. The van der Waals surface area contributed by atoms with Gasteiger partial charge in [0.2, 0.25) is 17.7 Å².